The van der Waals surface area contributed by atoms with Gasteiger partial charge in [0.1, 0.15) is 78.7 Å². The molecule has 0 saturated carbocycles. The molecule has 0 radical (unpaired) electrons. The number of carbonyl (C=O) groups excluding carboxylic acids is 7. The second-order valence-electron chi connectivity index (χ2n) is 24.9. The molecule has 488 valence electrons. The lowest BCUT2D eigenvalue weighted by atomic mass is 9.96. The second kappa shape index (κ2) is 30.0. The molecular formula is C65H87N8O17+. The predicted molar refractivity (Wildman–Crippen MR) is 327 cm³/mol. The number of quaternary nitrogens is 1. The van der Waals surface area contributed by atoms with Crippen LogP contribution in [0.3, 0.4) is 0 Å². The van der Waals surface area contributed by atoms with Gasteiger partial charge in [-0.25, -0.2) is 0 Å². The highest BCUT2D eigenvalue weighted by atomic mass is 16.5. The fourth-order valence-electron chi connectivity index (χ4n) is 12.1. The van der Waals surface area contributed by atoms with Crippen molar-refractivity contribution in [2.24, 2.45) is 5.92 Å². The van der Waals surface area contributed by atoms with Crippen molar-refractivity contribution in [3.63, 3.8) is 0 Å². The molecule has 0 aliphatic carbocycles. The number of unbranched alkanes of at least 4 members (excludes halogenated alkanes) is 2. The molecule has 0 spiro atoms. The monoisotopic (exact) mass is 1250 g/mol. The van der Waals surface area contributed by atoms with E-state index in [4.69, 9.17) is 9.47 Å². The fraction of sp³-hybridized carbons (Fsp3) is 0.523. The number of ether oxygens (including phenoxy) is 2. The molecule has 4 heterocycles. The molecule has 90 heavy (non-hydrogen) atoms. The number of aromatic hydroxyl groups is 1. The Morgan fingerprint density at radius 1 is 0.678 bits per heavy atom. The van der Waals surface area contributed by atoms with E-state index in [2.05, 4.69) is 33.5 Å². The number of phenolic OH excluding ortho intramolecular Hbond substituents is 1. The third-order valence-electron chi connectivity index (χ3n) is 17.7. The number of nitrogens with zero attached hydrogens (tertiary/aromatic N) is 3. The maximum atomic E-state index is 14.9. The van der Waals surface area contributed by atoms with Crippen molar-refractivity contribution >= 4 is 41.4 Å². The van der Waals surface area contributed by atoms with Gasteiger partial charge in [0.25, 0.3) is 5.91 Å². The second-order valence-corrected chi connectivity index (χ2v) is 24.9. The summed E-state index contributed by atoms with van der Waals surface area (Å²) in [7, 11) is 3.96. The number of amides is 7. The summed E-state index contributed by atoms with van der Waals surface area (Å²) in [5.41, 5.74) is 3.50. The Balaban J connectivity index is 1.13. The van der Waals surface area contributed by atoms with Gasteiger partial charge < -0.3 is 91.2 Å². The van der Waals surface area contributed by atoms with Gasteiger partial charge in [0.05, 0.1) is 51.7 Å². The maximum absolute atomic E-state index is 14.9. The van der Waals surface area contributed by atoms with Crippen LogP contribution in [0, 0.1) is 5.92 Å². The molecule has 25 nitrogen and oxygen atoms in total. The Hall–Kier alpha value is -7.59. The van der Waals surface area contributed by atoms with E-state index in [1.54, 1.807) is 12.1 Å². The Bertz CT molecular complexity index is 3130. The Kier molecular flexibility index (Phi) is 22.8. The van der Waals surface area contributed by atoms with Crippen LogP contribution in [-0.4, -0.2) is 229 Å². The van der Waals surface area contributed by atoms with Crippen LogP contribution in [0.4, 0.5) is 0 Å². The maximum Gasteiger partial charge on any atom is 0.251 e. The lowest BCUT2D eigenvalue weighted by molar-refractivity contribution is -0.902. The number of hydrogen-bond donors (Lipinski definition) is 13. The van der Waals surface area contributed by atoms with Crippen LogP contribution in [0.2, 0.25) is 0 Å². The summed E-state index contributed by atoms with van der Waals surface area (Å²) in [6.07, 6.45) is -11.1. The molecule has 4 aliphatic heterocycles. The van der Waals surface area contributed by atoms with Crippen molar-refractivity contribution in [2.45, 2.75) is 164 Å². The van der Waals surface area contributed by atoms with Gasteiger partial charge in [0.2, 0.25) is 35.4 Å². The Morgan fingerprint density at radius 3 is 1.80 bits per heavy atom. The molecule has 4 aliphatic rings. The number of benzene rings is 4. The summed E-state index contributed by atoms with van der Waals surface area (Å²) in [5.74, 6) is -8.17. The molecule has 4 fully saturated rings. The average molecular weight is 1250 g/mol. The van der Waals surface area contributed by atoms with Crippen molar-refractivity contribution in [1.82, 2.24) is 36.4 Å². The van der Waals surface area contributed by atoms with Crippen LogP contribution in [0.15, 0.2) is 97.1 Å². The predicted octanol–water partition coefficient (Wildman–Crippen LogP) is 0.336. The third kappa shape index (κ3) is 16.3. The van der Waals surface area contributed by atoms with Gasteiger partial charge in [0.15, 0.2) is 6.23 Å². The first-order valence-corrected chi connectivity index (χ1v) is 30.8. The van der Waals surface area contributed by atoms with Crippen LogP contribution in [0.5, 0.6) is 11.5 Å². The number of phenols is 1. The van der Waals surface area contributed by atoms with Crippen molar-refractivity contribution in [2.75, 3.05) is 46.9 Å². The lowest BCUT2D eigenvalue weighted by Crippen LogP contribution is -2.64. The first-order valence-electron chi connectivity index (χ1n) is 30.8. The summed E-state index contributed by atoms with van der Waals surface area (Å²) in [4.78, 5) is 105. The molecule has 4 aromatic carbocycles. The van der Waals surface area contributed by atoms with E-state index in [1.807, 2.05) is 62.6 Å². The molecule has 25 heteroatoms. The quantitative estimate of drug-likeness (QED) is 0.0501. The highest BCUT2D eigenvalue weighted by molar-refractivity contribution is 6.00. The van der Waals surface area contributed by atoms with Crippen molar-refractivity contribution in [3.8, 4) is 33.8 Å². The summed E-state index contributed by atoms with van der Waals surface area (Å²) >= 11 is 0. The van der Waals surface area contributed by atoms with Gasteiger partial charge in [0, 0.05) is 50.3 Å². The minimum atomic E-state index is -2.29. The number of likely N-dealkylation sites (N-methyl/N-ethyl adjacent to an activating group) is 1. The topological polar surface area (TPSA) is 366 Å². The number of likely N-dealkylation sites (tertiary alicyclic amines) is 1. The molecule has 0 aromatic heterocycles. The van der Waals surface area contributed by atoms with Gasteiger partial charge in [-0.05, 0) is 84.5 Å². The number of fused-ring (bicyclic) bond motifs is 2. The zero-order valence-corrected chi connectivity index (χ0v) is 51.6. The Labute approximate surface area is 522 Å². The largest absolute Gasteiger partial charge is 0.508 e. The highest BCUT2D eigenvalue weighted by Crippen LogP contribution is 2.31. The number of nitrogens with one attached hydrogen (secondary N) is 5. The van der Waals surface area contributed by atoms with E-state index >= 15 is 0 Å². The van der Waals surface area contributed by atoms with Crippen molar-refractivity contribution < 1.29 is 88.4 Å². The Morgan fingerprint density at radius 2 is 1.23 bits per heavy atom. The van der Waals surface area contributed by atoms with Crippen molar-refractivity contribution in [1.29, 1.82) is 0 Å². The molecule has 13 N–H and O–H groups in total. The van der Waals surface area contributed by atoms with E-state index in [0.717, 1.165) is 83.9 Å². The van der Waals surface area contributed by atoms with Crippen LogP contribution in [0.1, 0.15) is 94.7 Å². The van der Waals surface area contributed by atoms with Crippen LogP contribution in [-0.2, 0) is 33.5 Å². The number of carbonyl (C=O) groups is 7. The molecule has 0 bridgehead atoms. The molecular weight excluding hydrogens is 1160 g/mol. The minimum absolute atomic E-state index is 0.0546. The third-order valence-corrected chi connectivity index (χ3v) is 17.7. The normalized spacial score (nSPS) is 28.5. The molecule has 8 rings (SSSR count). The first-order chi connectivity index (χ1) is 42.8. The number of rotatable bonds is 17. The molecule has 4 saturated heterocycles. The van der Waals surface area contributed by atoms with E-state index in [0.29, 0.717) is 17.5 Å². The van der Waals surface area contributed by atoms with E-state index in [-0.39, 0.29) is 36.1 Å². The van der Waals surface area contributed by atoms with Crippen LogP contribution in [0.25, 0.3) is 22.3 Å². The summed E-state index contributed by atoms with van der Waals surface area (Å²) < 4.78 is 12.7. The number of aliphatic hydroxyl groups is 7. The summed E-state index contributed by atoms with van der Waals surface area (Å²) in [6.45, 7) is 6.40. The minimum Gasteiger partial charge on any atom is -0.508 e. The van der Waals surface area contributed by atoms with Gasteiger partial charge >= 0.3 is 0 Å². The van der Waals surface area contributed by atoms with Gasteiger partial charge in [-0.15, -0.1) is 0 Å². The number of aliphatic hydroxyl groups excluding tert-OH is 7. The van der Waals surface area contributed by atoms with E-state index in [9.17, 15) is 74.4 Å². The summed E-state index contributed by atoms with van der Waals surface area (Å²) in [5, 5.41) is 103. The average Bonchev–Trinajstić information content (AvgIpc) is 1.73. The SMILES string of the molecule is CCCCCOc1ccc(-c2ccc(-c3ccc(C(=O)N[C@H]4C[C@@H](O)[C@@H](OC[C@@H]5CCC[N+]5(C)C)NC(=O)[C@@H]5[C@@H](O)[C@@H](C)CN5C(=O)[C@H]([C@@H](C)O)NC(=O)[C@H]([C@H](O)[C@@H](O)c5ccc(O)cc5)NC(=O)[C@@H]5C[C@@H](O)CN5C(=O)[C@H]([C@@H](C)O)NC4=O)cc3)cc2)cc1. The number of hydrogen-bond acceptors (Lipinski definition) is 17. The summed E-state index contributed by atoms with van der Waals surface area (Å²) in [6, 6.07) is 15.2. The van der Waals surface area contributed by atoms with E-state index in [1.165, 1.54) is 43.3 Å². The van der Waals surface area contributed by atoms with Crippen LogP contribution >= 0.6 is 0 Å². The molecule has 16 atom stereocenters. The zero-order valence-electron chi connectivity index (χ0n) is 51.6. The van der Waals surface area contributed by atoms with Gasteiger partial charge in [-0.2, -0.15) is 0 Å². The van der Waals surface area contributed by atoms with E-state index < -0.39 is 152 Å². The zero-order chi connectivity index (χ0) is 65.3. The molecule has 7 amide bonds. The van der Waals surface area contributed by atoms with Gasteiger partial charge in [-0.1, -0.05) is 87.4 Å². The van der Waals surface area contributed by atoms with Crippen LogP contribution < -0.4 is 31.3 Å². The standard InChI is InChI=1S/C65H86N8O17/c1-7-8-9-29-89-47-26-22-41(23-27-47)39-14-12-38(13-15-39)40-16-18-43(19-17-40)58(82)66-48-31-50(78)63(90-34-44-11-10-28-73(44,5)6)70-62(86)54-55(79)35(2)32-72(54)65(88)52(37(4)75)68-61(85)53(57(81)56(80)42-20-24-45(76)25-21-42)69-60(84)49-30-46(77)33-71(49)64(87)51(36(3)74)67-59(48)83/h12-27,35-37,44,46,48-57,63,74-75,77-81H,7-11,28-34H2,1-6H3,(H5-,66,67,68,69,70,76,82,83,84,85,86)/p+1/t35-,36+,37+,44-,46+,48-,49-,50+,51-,52-,53-,54-,55-,56-,57-,63+/m0/s1. The van der Waals surface area contributed by atoms with Crippen molar-refractivity contribution in [3.05, 3.63) is 108 Å². The molecule has 4 aromatic rings. The smallest absolute Gasteiger partial charge is 0.251 e. The lowest BCUT2D eigenvalue weighted by Gasteiger charge is -2.35. The fourth-order valence-corrected chi connectivity index (χ4v) is 12.1. The highest BCUT2D eigenvalue weighted by Gasteiger charge is 2.51. The first kappa shape index (κ1) is 68.3. The van der Waals surface area contributed by atoms with Gasteiger partial charge in [-0.3, -0.25) is 33.6 Å². The molecule has 0 unspecified atom stereocenters.